The summed E-state index contributed by atoms with van der Waals surface area (Å²) in [5, 5.41) is 15.3. The Bertz CT molecular complexity index is 237. The lowest BCUT2D eigenvalue weighted by atomic mass is 9.85. The van der Waals surface area contributed by atoms with Crippen LogP contribution in [-0.4, -0.2) is 49.0 Å². The summed E-state index contributed by atoms with van der Waals surface area (Å²) in [6, 6.07) is 0. The Morgan fingerprint density at radius 1 is 1.60 bits per heavy atom. The standard InChI is InChI=1S/C10H20N2O3/c1-9(2,7-15-3)12-10(4-8(13)14)5-11-6-10/h11-12H,4-7H2,1-3H3,(H,13,14). The van der Waals surface area contributed by atoms with Crippen LogP contribution in [0.1, 0.15) is 20.3 Å². The minimum Gasteiger partial charge on any atom is -0.481 e. The van der Waals surface area contributed by atoms with E-state index < -0.39 is 5.97 Å². The van der Waals surface area contributed by atoms with Crippen LogP contribution in [0.2, 0.25) is 0 Å². The Labute approximate surface area is 90.2 Å². The number of methoxy groups -OCH3 is 1. The fourth-order valence-corrected chi connectivity index (χ4v) is 2.09. The van der Waals surface area contributed by atoms with Gasteiger partial charge in [-0.3, -0.25) is 4.79 Å². The summed E-state index contributed by atoms with van der Waals surface area (Å²) in [6.45, 7) is 5.99. The van der Waals surface area contributed by atoms with Crippen molar-refractivity contribution in [1.29, 1.82) is 0 Å². The molecule has 1 heterocycles. The molecule has 1 fully saturated rings. The lowest BCUT2D eigenvalue weighted by molar-refractivity contribution is -0.139. The molecule has 88 valence electrons. The van der Waals surface area contributed by atoms with Crippen LogP contribution >= 0.6 is 0 Å². The average Bonchev–Trinajstić information content (AvgIpc) is 1.98. The molecule has 3 N–H and O–H groups in total. The number of carboxylic acid groups (broad SMARTS) is 1. The lowest BCUT2D eigenvalue weighted by Gasteiger charge is -2.47. The molecule has 0 saturated carbocycles. The highest BCUT2D eigenvalue weighted by Gasteiger charge is 2.42. The molecule has 0 aromatic carbocycles. The predicted octanol–water partition coefficient (Wildman–Crippen LogP) is -0.182. The van der Waals surface area contributed by atoms with Crippen molar-refractivity contribution in [1.82, 2.24) is 10.6 Å². The highest BCUT2D eigenvalue weighted by molar-refractivity contribution is 5.68. The van der Waals surface area contributed by atoms with Crippen molar-refractivity contribution < 1.29 is 14.6 Å². The zero-order valence-corrected chi connectivity index (χ0v) is 9.59. The van der Waals surface area contributed by atoms with Gasteiger partial charge < -0.3 is 20.5 Å². The summed E-state index contributed by atoms with van der Waals surface area (Å²) < 4.78 is 5.10. The molecule has 0 bridgehead atoms. The zero-order chi connectivity index (χ0) is 11.5. The van der Waals surface area contributed by atoms with E-state index in [1.165, 1.54) is 0 Å². The van der Waals surface area contributed by atoms with Crippen molar-refractivity contribution in [3.8, 4) is 0 Å². The summed E-state index contributed by atoms with van der Waals surface area (Å²) in [4.78, 5) is 10.8. The largest absolute Gasteiger partial charge is 0.481 e. The molecule has 5 nitrogen and oxygen atoms in total. The fraction of sp³-hybridized carbons (Fsp3) is 0.900. The third-order valence-electron chi connectivity index (χ3n) is 2.53. The van der Waals surface area contributed by atoms with E-state index in [4.69, 9.17) is 9.84 Å². The van der Waals surface area contributed by atoms with Gasteiger partial charge in [0, 0.05) is 25.7 Å². The molecule has 15 heavy (non-hydrogen) atoms. The van der Waals surface area contributed by atoms with Crippen LogP contribution in [0.15, 0.2) is 0 Å². The van der Waals surface area contributed by atoms with E-state index in [2.05, 4.69) is 10.6 Å². The Hall–Kier alpha value is -0.650. The van der Waals surface area contributed by atoms with E-state index >= 15 is 0 Å². The fourth-order valence-electron chi connectivity index (χ4n) is 2.09. The van der Waals surface area contributed by atoms with Gasteiger partial charge in [0.1, 0.15) is 0 Å². The van der Waals surface area contributed by atoms with Gasteiger partial charge in [0.15, 0.2) is 0 Å². The van der Waals surface area contributed by atoms with Gasteiger partial charge in [-0.05, 0) is 13.8 Å². The van der Waals surface area contributed by atoms with Gasteiger partial charge in [0.25, 0.3) is 0 Å². The van der Waals surface area contributed by atoms with Crippen LogP contribution in [0.4, 0.5) is 0 Å². The Balaban J connectivity index is 2.56. The number of ether oxygens (including phenoxy) is 1. The lowest BCUT2D eigenvalue weighted by Crippen LogP contribution is -2.72. The van der Waals surface area contributed by atoms with E-state index in [0.717, 1.165) is 0 Å². The van der Waals surface area contributed by atoms with Crippen molar-refractivity contribution in [3.05, 3.63) is 0 Å². The second-order valence-corrected chi connectivity index (χ2v) is 4.90. The molecular weight excluding hydrogens is 196 g/mol. The Morgan fingerprint density at radius 2 is 2.20 bits per heavy atom. The minimum atomic E-state index is -0.766. The van der Waals surface area contributed by atoms with Gasteiger partial charge >= 0.3 is 5.97 Å². The highest BCUT2D eigenvalue weighted by atomic mass is 16.5. The maximum atomic E-state index is 10.8. The van der Waals surface area contributed by atoms with Gasteiger partial charge in [-0.25, -0.2) is 0 Å². The third kappa shape index (κ3) is 3.44. The molecule has 0 atom stereocenters. The molecule has 1 aliphatic rings. The second kappa shape index (κ2) is 4.47. The average molecular weight is 216 g/mol. The van der Waals surface area contributed by atoms with Gasteiger partial charge in [0.2, 0.25) is 0 Å². The maximum Gasteiger partial charge on any atom is 0.305 e. The van der Waals surface area contributed by atoms with Crippen molar-refractivity contribution in [2.45, 2.75) is 31.3 Å². The first kappa shape index (κ1) is 12.4. The van der Waals surface area contributed by atoms with E-state index in [0.29, 0.717) is 19.7 Å². The van der Waals surface area contributed by atoms with Gasteiger partial charge in [-0.1, -0.05) is 0 Å². The zero-order valence-electron chi connectivity index (χ0n) is 9.59. The molecule has 1 rings (SSSR count). The van der Waals surface area contributed by atoms with Gasteiger partial charge in [-0.15, -0.1) is 0 Å². The van der Waals surface area contributed by atoms with Crippen LogP contribution in [0.5, 0.6) is 0 Å². The van der Waals surface area contributed by atoms with Crippen molar-refractivity contribution >= 4 is 5.97 Å². The summed E-state index contributed by atoms with van der Waals surface area (Å²) in [5.41, 5.74) is -0.514. The highest BCUT2D eigenvalue weighted by Crippen LogP contribution is 2.20. The third-order valence-corrected chi connectivity index (χ3v) is 2.53. The summed E-state index contributed by atoms with van der Waals surface area (Å²) in [5.74, 6) is -0.766. The molecule has 0 spiro atoms. The number of aliphatic carboxylic acids is 1. The summed E-state index contributed by atoms with van der Waals surface area (Å²) in [7, 11) is 1.65. The number of carbonyl (C=O) groups is 1. The van der Waals surface area contributed by atoms with Crippen molar-refractivity contribution in [3.63, 3.8) is 0 Å². The number of hydrogen-bond acceptors (Lipinski definition) is 4. The molecule has 5 heteroatoms. The minimum absolute atomic E-state index is 0.146. The SMILES string of the molecule is COCC(C)(C)NC1(CC(=O)O)CNC1. The number of hydrogen-bond donors (Lipinski definition) is 3. The number of nitrogens with one attached hydrogen (secondary N) is 2. The normalized spacial score (nSPS) is 19.7. The van der Waals surface area contributed by atoms with Crippen molar-refractivity contribution in [2.75, 3.05) is 26.8 Å². The monoisotopic (exact) mass is 216 g/mol. The summed E-state index contributed by atoms with van der Waals surface area (Å²) >= 11 is 0. The predicted molar refractivity (Wildman–Crippen MR) is 56.9 cm³/mol. The topological polar surface area (TPSA) is 70.6 Å². The second-order valence-electron chi connectivity index (χ2n) is 4.90. The molecule has 0 aromatic rings. The molecule has 1 aliphatic heterocycles. The van der Waals surface area contributed by atoms with Crippen LogP contribution < -0.4 is 10.6 Å². The maximum absolute atomic E-state index is 10.8. The first-order chi connectivity index (χ1) is 6.89. The molecule has 0 aromatic heterocycles. The number of rotatable bonds is 6. The molecule has 0 amide bonds. The molecular formula is C10H20N2O3. The van der Waals surface area contributed by atoms with Crippen LogP contribution in [0, 0.1) is 0 Å². The van der Waals surface area contributed by atoms with Gasteiger partial charge in [0.05, 0.1) is 18.6 Å². The smallest absolute Gasteiger partial charge is 0.305 e. The number of carboxylic acids is 1. The van der Waals surface area contributed by atoms with Crippen LogP contribution in [0.3, 0.4) is 0 Å². The molecule has 0 radical (unpaired) electrons. The van der Waals surface area contributed by atoms with Crippen LogP contribution in [-0.2, 0) is 9.53 Å². The van der Waals surface area contributed by atoms with Crippen LogP contribution in [0.25, 0.3) is 0 Å². The molecule has 1 saturated heterocycles. The first-order valence-corrected chi connectivity index (χ1v) is 5.10. The van der Waals surface area contributed by atoms with Crippen molar-refractivity contribution in [2.24, 2.45) is 0 Å². The summed E-state index contributed by atoms with van der Waals surface area (Å²) in [6.07, 6.45) is 0.146. The van der Waals surface area contributed by atoms with E-state index in [1.807, 2.05) is 13.8 Å². The van der Waals surface area contributed by atoms with E-state index in [9.17, 15) is 4.79 Å². The van der Waals surface area contributed by atoms with Gasteiger partial charge in [-0.2, -0.15) is 0 Å². The van der Waals surface area contributed by atoms with E-state index in [1.54, 1.807) is 7.11 Å². The molecule has 0 unspecified atom stereocenters. The quantitative estimate of drug-likeness (QED) is 0.574. The molecule has 0 aliphatic carbocycles. The van der Waals surface area contributed by atoms with E-state index in [-0.39, 0.29) is 17.5 Å². The Morgan fingerprint density at radius 3 is 2.53 bits per heavy atom. The first-order valence-electron chi connectivity index (χ1n) is 5.10. The Kier molecular flexibility index (Phi) is 3.70.